The molecule has 0 bridgehead atoms. The molecule has 2 unspecified atom stereocenters. The number of urea groups is 1. The molecule has 0 saturated carbocycles. The van der Waals surface area contributed by atoms with E-state index in [-0.39, 0.29) is 13.0 Å². The van der Waals surface area contributed by atoms with Gasteiger partial charge < -0.3 is 20.4 Å². The number of carbonyl (C=O) groups is 2. The molecule has 0 aromatic heterocycles. The van der Waals surface area contributed by atoms with Gasteiger partial charge in [0.25, 0.3) is 0 Å². The molecule has 2 amide bonds. The maximum absolute atomic E-state index is 12.2. The van der Waals surface area contributed by atoms with Crippen molar-refractivity contribution < 1.29 is 19.8 Å². The minimum Gasteiger partial charge on any atom is -0.480 e. The molecular weight excluding hydrogens is 328 g/mol. The number of likely N-dealkylation sites (tertiary alicyclic amines) is 1. The number of aliphatic hydroxyl groups excluding tert-OH is 1. The number of amides is 2. The average molecular weight is 343 g/mol. The third-order valence-electron chi connectivity index (χ3n) is 3.27. The number of aryl methyl sites for hydroxylation is 1. The zero-order valence-corrected chi connectivity index (χ0v) is 12.4. The standard InChI is InChI=1S/C13H15BrN2O4/c1-7-2-3-8(14)4-10(7)15-13(20)16-6-9(17)5-11(16)12(18)19/h2-4,9,11,17H,5-6H2,1H3,(H,15,20)(H,18,19). The molecule has 1 fully saturated rings. The molecule has 1 heterocycles. The van der Waals surface area contributed by atoms with Gasteiger partial charge >= 0.3 is 12.0 Å². The Morgan fingerprint density at radius 2 is 2.15 bits per heavy atom. The van der Waals surface area contributed by atoms with E-state index in [0.717, 1.165) is 14.9 Å². The Labute approximate surface area is 124 Å². The van der Waals surface area contributed by atoms with Crippen LogP contribution in [0.15, 0.2) is 22.7 Å². The van der Waals surface area contributed by atoms with E-state index >= 15 is 0 Å². The number of halogens is 1. The normalized spacial score (nSPS) is 21.9. The minimum absolute atomic E-state index is 0.0237. The number of anilines is 1. The lowest BCUT2D eigenvalue weighted by Gasteiger charge is -2.22. The van der Waals surface area contributed by atoms with Crippen LogP contribution in [-0.4, -0.2) is 45.8 Å². The van der Waals surface area contributed by atoms with Gasteiger partial charge in [-0.05, 0) is 24.6 Å². The molecule has 1 aromatic carbocycles. The van der Waals surface area contributed by atoms with Crippen LogP contribution in [0.25, 0.3) is 0 Å². The minimum atomic E-state index is -1.11. The van der Waals surface area contributed by atoms with Gasteiger partial charge in [0.1, 0.15) is 6.04 Å². The first-order valence-electron chi connectivity index (χ1n) is 6.13. The van der Waals surface area contributed by atoms with E-state index in [2.05, 4.69) is 21.2 Å². The van der Waals surface area contributed by atoms with Crippen molar-refractivity contribution in [3.63, 3.8) is 0 Å². The number of nitrogens with zero attached hydrogens (tertiary/aromatic N) is 1. The number of carboxylic acid groups (broad SMARTS) is 1. The van der Waals surface area contributed by atoms with Crippen molar-refractivity contribution >= 4 is 33.6 Å². The molecule has 0 radical (unpaired) electrons. The lowest BCUT2D eigenvalue weighted by Crippen LogP contribution is -2.43. The van der Waals surface area contributed by atoms with Crippen LogP contribution in [0.2, 0.25) is 0 Å². The third kappa shape index (κ3) is 3.10. The summed E-state index contributed by atoms with van der Waals surface area (Å²) in [7, 11) is 0. The predicted octanol–water partition coefficient (Wildman–Crippen LogP) is 1.81. The van der Waals surface area contributed by atoms with Crippen LogP contribution in [0.3, 0.4) is 0 Å². The molecular formula is C13H15BrN2O4. The van der Waals surface area contributed by atoms with Crippen molar-refractivity contribution in [2.45, 2.75) is 25.5 Å². The molecule has 6 nitrogen and oxygen atoms in total. The quantitative estimate of drug-likeness (QED) is 0.764. The summed E-state index contributed by atoms with van der Waals surface area (Å²) in [6, 6.07) is 3.93. The van der Waals surface area contributed by atoms with Gasteiger partial charge in [-0.25, -0.2) is 9.59 Å². The van der Waals surface area contributed by atoms with Crippen molar-refractivity contribution in [3.05, 3.63) is 28.2 Å². The molecule has 108 valence electrons. The number of hydrogen-bond acceptors (Lipinski definition) is 3. The summed E-state index contributed by atoms with van der Waals surface area (Å²) in [4.78, 5) is 24.4. The highest BCUT2D eigenvalue weighted by Crippen LogP contribution is 2.23. The number of benzene rings is 1. The summed E-state index contributed by atoms with van der Waals surface area (Å²) in [5, 5.41) is 21.3. The van der Waals surface area contributed by atoms with E-state index in [0.29, 0.717) is 5.69 Å². The molecule has 3 N–H and O–H groups in total. The number of aliphatic carboxylic acids is 1. The number of aliphatic hydroxyl groups is 1. The Balaban J connectivity index is 2.15. The number of rotatable bonds is 2. The fraction of sp³-hybridized carbons (Fsp3) is 0.385. The van der Waals surface area contributed by atoms with Gasteiger partial charge in [-0.2, -0.15) is 0 Å². The van der Waals surface area contributed by atoms with Gasteiger partial charge in [-0.1, -0.05) is 22.0 Å². The second kappa shape index (κ2) is 5.80. The Morgan fingerprint density at radius 3 is 2.80 bits per heavy atom. The first-order valence-corrected chi connectivity index (χ1v) is 6.92. The summed E-state index contributed by atoms with van der Waals surface area (Å²) >= 11 is 3.32. The first-order chi connectivity index (χ1) is 9.38. The Kier molecular flexibility index (Phi) is 4.29. The molecule has 7 heteroatoms. The topological polar surface area (TPSA) is 89.9 Å². The average Bonchev–Trinajstić information content (AvgIpc) is 2.76. The fourth-order valence-electron chi connectivity index (χ4n) is 2.19. The van der Waals surface area contributed by atoms with Crippen LogP contribution in [-0.2, 0) is 4.79 Å². The molecule has 2 atom stereocenters. The summed E-state index contributed by atoms with van der Waals surface area (Å²) < 4.78 is 0.814. The Bertz CT molecular complexity index is 549. The largest absolute Gasteiger partial charge is 0.480 e. The van der Waals surface area contributed by atoms with Crippen LogP contribution in [0.5, 0.6) is 0 Å². The van der Waals surface area contributed by atoms with Crippen molar-refractivity contribution in [1.29, 1.82) is 0 Å². The monoisotopic (exact) mass is 342 g/mol. The van der Waals surface area contributed by atoms with E-state index in [9.17, 15) is 14.7 Å². The molecule has 1 aliphatic rings. The lowest BCUT2D eigenvalue weighted by atomic mass is 10.2. The molecule has 2 rings (SSSR count). The van der Waals surface area contributed by atoms with Crippen molar-refractivity contribution in [3.8, 4) is 0 Å². The Morgan fingerprint density at radius 1 is 1.45 bits per heavy atom. The highest BCUT2D eigenvalue weighted by molar-refractivity contribution is 9.10. The van der Waals surface area contributed by atoms with Gasteiger partial charge in [-0.3, -0.25) is 0 Å². The van der Waals surface area contributed by atoms with Crippen LogP contribution in [0.1, 0.15) is 12.0 Å². The van der Waals surface area contributed by atoms with E-state index in [1.165, 1.54) is 0 Å². The number of hydrogen-bond donors (Lipinski definition) is 3. The summed E-state index contributed by atoms with van der Waals surface area (Å²) in [6.07, 6.45) is -0.745. The van der Waals surface area contributed by atoms with Crippen molar-refractivity contribution in [2.75, 3.05) is 11.9 Å². The maximum Gasteiger partial charge on any atom is 0.326 e. The second-order valence-corrected chi connectivity index (χ2v) is 5.70. The molecule has 1 aliphatic heterocycles. The van der Waals surface area contributed by atoms with Gasteiger partial charge in [0.2, 0.25) is 0 Å². The van der Waals surface area contributed by atoms with Gasteiger partial charge in [-0.15, -0.1) is 0 Å². The number of carboxylic acids is 1. The summed E-state index contributed by atoms with van der Waals surface area (Å²) in [6.45, 7) is 1.87. The highest BCUT2D eigenvalue weighted by Gasteiger charge is 2.39. The molecule has 1 saturated heterocycles. The number of β-amino-alcohol motifs (C(OH)–C–C–N with tert-alkyl or cyclic N) is 1. The van der Waals surface area contributed by atoms with Gasteiger partial charge in [0.15, 0.2) is 0 Å². The first kappa shape index (κ1) is 14.8. The zero-order valence-electron chi connectivity index (χ0n) is 10.8. The molecule has 0 spiro atoms. The lowest BCUT2D eigenvalue weighted by molar-refractivity contribution is -0.141. The van der Waals surface area contributed by atoms with E-state index in [1.807, 2.05) is 19.1 Å². The number of nitrogens with one attached hydrogen (secondary N) is 1. The van der Waals surface area contributed by atoms with Gasteiger partial charge in [0, 0.05) is 23.1 Å². The SMILES string of the molecule is Cc1ccc(Br)cc1NC(=O)N1CC(O)CC1C(=O)O. The molecule has 0 aliphatic carbocycles. The van der Waals surface area contributed by atoms with Crippen LogP contribution < -0.4 is 5.32 Å². The third-order valence-corrected chi connectivity index (χ3v) is 3.76. The smallest absolute Gasteiger partial charge is 0.326 e. The van der Waals surface area contributed by atoms with Crippen molar-refractivity contribution in [1.82, 2.24) is 4.90 Å². The molecule has 1 aromatic rings. The highest BCUT2D eigenvalue weighted by atomic mass is 79.9. The Hall–Kier alpha value is -1.60. The van der Waals surface area contributed by atoms with E-state index in [1.54, 1.807) is 6.07 Å². The van der Waals surface area contributed by atoms with Crippen LogP contribution in [0.4, 0.5) is 10.5 Å². The maximum atomic E-state index is 12.2. The van der Waals surface area contributed by atoms with Crippen LogP contribution in [0, 0.1) is 6.92 Å². The predicted molar refractivity (Wildman–Crippen MR) is 76.7 cm³/mol. The summed E-state index contributed by atoms with van der Waals surface area (Å²) in [5.41, 5.74) is 1.48. The van der Waals surface area contributed by atoms with E-state index < -0.39 is 24.1 Å². The second-order valence-electron chi connectivity index (χ2n) is 4.79. The van der Waals surface area contributed by atoms with Crippen molar-refractivity contribution in [2.24, 2.45) is 0 Å². The summed E-state index contributed by atoms with van der Waals surface area (Å²) in [5.74, 6) is -1.11. The van der Waals surface area contributed by atoms with Crippen LogP contribution >= 0.6 is 15.9 Å². The fourth-order valence-corrected chi connectivity index (χ4v) is 2.55. The molecule has 20 heavy (non-hydrogen) atoms. The number of carbonyl (C=O) groups excluding carboxylic acids is 1. The zero-order chi connectivity index (χ0) is 14.9. The van der Waals surface area contributed by atoms with E-state index in [4.69, 9.17) is 5.11 Å². The van der Waals surface area contributed by atoms with Gasteiger partial charge in [0.05, 0.1) is 6.10 Å².